The fourth-order valence-electron chi connectivity index (χ4n) is 2.21. The smallest absolute Gasteiger partial charge is 0.344 e. The molecule has 0 spiro atoms. The Morgan fingerprint density at radius 3 is 2.76 bits per heavy atom. The van der Waals surface area contributed by atoms with E-state index in [4.69, 9.17) is 20.8 Å². The number of fused-ring (bicyclic) bond motifs is 1. The maximum Gasteiger partial charge on any atom is 0.344 e. The summed E-state index contributed by atoms with van der Waals surface area (Å²) in [7, 11) is 0. The van der Waals surface area contributed by atoms with E-state index in [1.807, 2.05) is 31.2 Å². The number of benzene rings is 2. The first-order chi connectivity index (χ1) is 10.2. The second kappa shape index (κ2) is 5.62. The lowest BCUT2D eigenvalue weighted by molar-refractivity contribution is 0.340. The van der Waals surface area contributed by atoms with E-state index < -0.39 is 5.63 Å². The summed E-state index contributed by atoms with van der Waals surface area (Å²) in [5, 5.41) is 1.42. The second-order valence-electron chi connectivity index (χ2n) is 4.59. The van der Waals surface area contributed by atoms with Crippen LogP contribution >= 0.6 is 11.6 Å². The van der Waals surface area contributed by atoms with Crippen LogP contribution in [0.2, 0.25) is 5.02 Å². The lowest BCUT2D eigenvalue weighted by Gasteiger charge is -2.06. The van der Waals surface area contributed by atoms with Crippen LogP contribution in [0.4, 0.5) is 0 Å². The van der Waals surface area contributed by atoms with Gasteiger partial charge in [0.2, 0.25) is 0 Å². The van der Waals surface area contributed by atoms with Crippen molar-refractivity contribution in [2.75, 3.05) is 6.61 Å². The van der Waals surface area contributed by atoms with Crippen molar-refractivity contribution in [1.29, 1.82) is 0 Å². The second-order valence-corrected chi connectivity index (χ2v) is 5.03. The summed E-state index contributed by atoms with van der Waals surface area (Å²) in [6.07, 6.45) is 0. The fraction of sp³-hybridized carbons (Fsp3) is 0.118. The van der Waals surface area contributed by atoms with Gasteiger partial charge in [-0.1, -0.05) is 23.7 Å². The Bertz CT molecular complexity index is 852. The molecule has 0 radical (unpaired) electrons. The Hall–Kier alpha value is -2.26. The van der Waals surface area contributed by atoms with E-state index in [0.717, 1.165) is 10.9 Å². The summed E-state index contributed by atoms with van der Waals surface area (Å²) >= 11 is 5.97. The third kappa shape index (κ3) is 2.78. The summed E-state index contributed by atoms with van der Waals surface area (Å²) in [6.45, 7) is 2.47. The number of ether oxygens (including phenoxy) is 1. The van der Waals surface area contributed by atoms with Crippen LogP contribution in [0.25, 0.3) is 22.1 Å². The molecule has 0 amide bonds. The minimum atomic E-state index is -0.390. The molecule has 2 aromatic carbocycles. The minimum absolute atomic E-state index is 0.390. The molecule has 106 valence electrons. The Morgan fingerprint density at radius 1 is 1.14 bits per heavy atom. The highest BCUT2D eigenvalue weighted by Gasteiger charge is 2.09. The van der Waals surface area contributed by atoms with Crippen molar-refractivity contribution in [1.82, 2.24) is 0 Å². The van der Waals surface area contributed by atoms with Gasteiger partial charge in [0.15, 0.2) is 0 Å². The first-order valence-corrected chi connectivity index (χ1v) is 7.02. The number of hydrogen-bond donors (Lipinski definition) is 0. The minimum Gasteiger partial charge on any atom is -0.494 e. The SMILES string of the molecule is CCOc1ccc2cc(-c3cccc(Cl)c3)c(=O)oc2c1. The highest BCUT2D eigenvalue weighted by atomic mass is 35.5. The van der Waals surface area contributed by atoms with Crippen LogP contribution in [0.15, 0.2) is 57.7 Å². The summed E-state index contributed by atoms with van der Waals surface area (Å²) in [5.41, 5.74) is 1.36. The lowest BCUT2D eigenvalue weighted by Crippen LogP contribution is -2.02. The van der Waals surface area contributed by atoms with Crippen LogP contribution in [0.3, 0.4) is 0 Å². The highest BCUT2D eigenvalue weighted by molar-refractivity contribution is 6.30. The van der Waals surface area contributed by atoms with Crippen LogP contribution in [0.5, 0.6) is 5.75 Å². The molecule has 0 saturated heterocycles. The standard InChI is InChI=1S/C17H13ClO3/c1-2-20-14-7-6-12-9-15(17(19)21-16(12)10-14)11-4-3-5-13(18)8-11/h3-10H,2H2,1H3. The van der Waals surface area contributed by atoms with Gasteiger partial charge in [-0.3, -0.25) is 0 Å². The molecule has 21 heavy (non-hydrogen) atoms. The molecule has 0 unspecified atom stereocenters. The number of rotatable bonds is 3. The first kappa shape index (κ1) is 13.7. The van der Waals surface area contributed by atoms with Crippen molar-refractivity contribution in [3.8, 4) is 16.9 Å². The van der Waals surface area contributed by atoms with Gasteiger partial charge < -0.3 is 9.15 Å². The maximum absolute atomic E-state index is 12.2. The van der Waals surface area contributed by atoms with Crippen molar-refractivity contribution < 1.29 is 9.15 Å². The molecular weight excluding hydrogens is 288 g/mol. The predicted molar refractivity (Wildman–Crippen MR) is 84.1 cm³/mol. The number of hydrogen-bond acceptors (Lipinski definition) is 3. The Kier molecular flexibility index (Phi) is 3.67. The quantitative estimate of drug-likeness (QED) is 0.668. The van der Waals surface area contributed by atoms with E-state index in [-0.39, 0.29) is 0 Å². The average molecular weight is 301 g/mol. The molecule has 0 aliphatic rings. The molecule has 1 heterocycles. The zero-order valence-electron chi connectivity index (χ0n) is 11.4. The van der Waals surface area contributed by atoms with Crippen LogP contribution in [-0.2, 0) is 0 Å². The van der Waals surface area contributed by atoms with Crippen molar-refractivity contribution in [3.63, 3.8) is 0 Å². The molecule has 0 aliphatic carbocycles. The molecule has 4 heteroatoms. The normalized spacial score (nSPS) is 10.8. The first-order valence-electron chi connectivity index (χ1n) is 6.64. The van der Waals surface area contributed by atoms with Crippen LogP contribution < -0.4 is 10.4 Å². The molecule has 0 fully saturated rings. The predicted octanol–water partition coefficient (Wildman–Crippen LogP) is 4.51. The van der Waals surface area contributed by atoms with Gasteiger partial charge in [0.1, 0.15) is 11.3 Å². The molecule has 0 aliphatic heterocycles. The van der Waals surface area contributed by atoms with Gasteiger partial charge in [-0.05, 0) is 42.8 Å². The van der Waals surface area contributed by atoms with Crippen LogP contribution in [-0.4, -0.2) is 6.61 Å². The molecule has 0 atom stereocenters. The van der Waals surface area contributed by atoms with Crippen LogP contribution in [0.1, 0.15) is 6.92 Å². The van der Waals surface area contributed by atoms with E-state index in [1.54, 1.807) is 24.3 Å². The summed E-state index contributed by atoms with van der Waals surface area (Å²) in [6, 6.07) is 14.4. The average Bonchev–Trinajstić information content (AvgIpc) is 2.47. The van der Waals surface area contributed by atoms with Gasteiger partial charge in [0.25, 0.3) is 0 Å². The van der Waals surface area contributed by atoms with E-state index >= 15 is 0 Å². The topological polar surface area (TPSA) is 39.4 Å². The monoisotopic (exact) mass is 300 g/mol. The highest BCUT2D eigenvalue weighted by Crippen LogP contribution is 2.25. The lowest BCUT2D eigenvalue weighted by atomic mass is 10.1. The fourth-order valence-corrected chi connectivity index (χ4v) is 2.40. The third-order valence-electron chi connectivity index (χ3n) is 3.15. The zero-order chi connectivity index (χ0) is 14.8. The van der Waals surface area contributed by atoms with Gasteiger partial charge in [0, 0.05) is 16.5 Å². The molecule has 3 rings (SSSR count). The van der Waals surface area contributed by atoms with E-state index in [9.17, 15) is 4.79 Å². The molecule has 0 saturated carbocycles. The molecule has 0 bridgehead atoms. The summed E-state index contributed by atoms with van der Waals surface area (Å²) < 4.78 is 10.8. The van der Waals surface area contributed by atoms with E-state index in [0.29, 0.717) is 28.5 Å². The molecule has 1 aromatic heterocycles. The zero-order valence-corrected chi connectivity index (χ0v) is 12.2. The molecule has 3 nitrogen and oxygen atoms in total. The van der Waals surface area contributed by atoms with E-state index in [2.05, 4.69) is 0 Å². The van der Waals surface area contributed by atoms with Gasteiger partial charge in [0.05, 0.1) is 12.2 Å². The van der Waals surface area contributed by atoms with Crippen LogP contribution in [0, 0.1) is 0 Å². The van der Waals surface area contributed by atoms with Crippen molar-refractivity contribution in [2.24, 2.45) is 0 Å². The Balaban J connectivity index is 2.15. The third-order valence-corrected chi connectivity index (χ3v) is 3.39. The van der Waals surface area contributed by atoms with E-state index in [1.165, 1.54) is 0 Å². The number of halogens is 1. The van der Waals surface area contributed by atoms with Gasteiger partial charge in [-0.2, -0.15) is 0 Å². The van der Waals surface area contributed by atoms with Crippen molar-refractivity contribution in [3.05, 3.63) is 64.0 Å². The van der Waals surface area contributed by atoms with Gasteiger partial charge in [-0.15, -0.1) is 0 Å². The van der Waals surface area contributed by atoms with Gasteiger partial charge in [-0.25, -0.2) is 4.79 Å². The molecule has 3 aromatic rings. The summed E-state index contributed by atoms with van der Waals surface area (Å²) in [4.78, 5) is 12.2. The Morgan fingerprint density at radius 2 is 2.00 bits per heavy atom. The maximum atomic E-state index is 12.2. The largest absolute Gasteiger partial charge is 0.494 e. The van der Waals surface area contributed by atoms with Crippen molar-refractivity contribution >= 4 is 22.6 Å². The summed E-state index contributed by atoms with van der Waals surface area (Å²) in [5.74, 6) is 0.684. The van der Waals surface area contributed by atoms with Gasteiger partial charge >= 0.3 is 5.63 Å². The molecular formula is C17H13ClO3. The molecule has 0 N–H and O–H groups in total. The Labute approximate surface area is 126 Å². The van der Waals surface area contributed by atoms with Crippen molar-refractivity contribution in [2.45, 2.75) is 6.92 Å².